The molecule has 3 aromatic rings. The Morgan fingerprint density at radius 3 is 2.69 bits per heavy atom. The van der Waals surface area contributed by atoms with Gasteiger partial charge in [0.2, 0.25) is 5.91 Å². The predicted molar refractivity (Wildman–Crippen MR) is 93.3 cm³/mol. The van der Waals surface area contributed by atoms with Gasteiger partial charge in [0.25, 0.3) is 0 Å². The second-order valence-electron chi connectivity index (χ2n) is 6.17. The van der Waals surface area contributed by atoms with Crippen LogP contribution in [0.4, 0.5) is 8.78 Å². The molecule has 1 amide bonds. The van der Waals surface area contributed by atoms with Crippen LogP contribution >= 0.6 is 0 Å². The van der Waals surface area contributed by atoms with Crippen LogP contribution < -0.4 is 5.32 Å². The molecule has 0 aliphatic rings. The van der Waals surface area contributed by atoms with Crippen LogP contribution in [0.2, 0.25) is 0 Å². The highest BCUT2D eigenvalue weighted by Crippen LogP contribution is 2.26. The number of amides is 1. The zero-order valence-electron chi connectivity index (χ0n) is 14.4. The van der Waals surface area contributed by atoms with E-state index in [2.05, 4.69) is 10.3 Å². The Morgan fingerprint density at radius 1 is 1.27 bits per heavy atom. The Kier molecular flexibility index (Phi) is 4.99. The van der Waals surface area contributed by atoms with E-state index in [-0.39, 0.29) is 18.0 Å². The topological polar surface area (TPSA) is 67.2 Å². The van der Waals surface area contributed by atoms with E-state index in [0.717, 1.165) is 17.6 Å². The number of aliphatic hydroxyl groups excluding tert-OH is 1. The summed E-state index contributed by atoms with van der Waals surface area (Å²) in [6, 6.07) is 10.00. The summed E-state index contributed by atoms with van der Waals surface area (Å²) in [5.41, 5.74) is 1.45. The average molecular weight is 359 g/mol. The van der Waals surface area contributed by atoms with Gasteiger partial charge in [-0.15, -0.1) is 0 Å². The zero-order chi connectivity index (χ0) is 18.8. The van der Waals surface area contributed by atoms with Gasteiger partial charge in [0.05, 0.1) is 29.7 Å². The third-order valence-corrected chi connectivity index (χ3v) is 4.17. The molecule has 26 heavy (non-hydrogen) atoms. The number of aliphatic hydroxyl groups is 1. The first-order valence-corrected chi connectivity index (χ1v) is 8.22. The number of para-hydroxylation sites is 2. The van der Waals surface area contributed by atoms with Crippen molar-refractivity contribution in [2.24, 2.45) is 0 Å². The van der Waals surface area contributed by atoms with Crippen LogP contribution in [0.3, 0.4) is 0 Å². The zero-order valence-corrected chi connectivity index (χ0v) is 14.4. The van der Waals surface area contributed by atoms with Crippen LogP contribution in [0.15, 0.2) is 42.5 Å². The van der Waals surface area contributed by atoms with Gasteiger partial charge in [-0.25, -0.2) is 13.8 Å². The highest BCUT2D eigenvalue weighted by atomic mass is 19.1. The van der Waals surface area contributed by atoms with E-state index in [9.17, 15) is 18.7 Å². The minimum atomic E-state index is -1.20. The molecule has 0 aliphatic heterocycles. The van der Waals surface area contributed by atoms with E-state index in [1.165, 1.54) is 13.0 Å². The number of hydrogen-bond acceptors (Lipinski definition) is 3. The predicted octanol–water partition coefficient (Wildman–Crippen LogP) is 3.25. The van der Waals surface area contributed by atoms with E-state index in [4.69, 9.17) is 0 Å². The Labute approximate surface area is 149 Å². The van der Waals surface area contributed by atoms with Gasteiger partial charge >= 0.3 is 0 Å². The molecule has 1 aromatic heterocycles. The number of carbonyl (C=O) groups is 1. The van der Waals surface area contributed by atoms with Crippen LogP contribution in [-0.2, 0) is 11.3 Å². The number of hydrogen-bond donors (Lipinski definition) is 2. The summed E-state index contributed by atoms with van der Waals surface area (Å²) in [6.45, 7) is 3.21. The van der Waals surface area contributed by atoms with Crippen molar-refractivity contribution in [1.82, 2.24) is 14.9 Å². The monoisotopic (exact) mass is 359 g/mol. The molecule has 1 unspecified atom stereocenters. The van der Waals surface area contributed by atoms with Crippen molar-refractivity contribution in [3.05, 3.63) is 65.5 Å². The Balaban J connectivity index is 2.01. The van der Waals surface area contributed by atoms with Gasteiger partial charge in [-0.05, 0) is 25.1 Å². The molecular formula is C19H19F2N3O2. The lowest BCUT2D eigenvalue weighted by Gasteiger charge is -2.19. The second-order valence-corrected chi connectivity index (χ2v) is 6.17. The highest BCUT2D eigenvalue weighted by Gasteiger charge is 2.21. The Hall–Kier alpha value is -2.80. The summed E-state index contributed by atoms with van der Waals surface area (Å²) < 4.78 is 28.8. The molecule has 0 spiro atoms. The molecular weight excluding hydrogens is 340 g/mol. The number of nitrogens with zero attached hydrogens (tertiary/aromatic N) is 2. The van der Waals surface area contributed by atoms with E-state index in [1.807, 2.05) is 24.3 Å². The van der Waals surface area contributed by atoms with Crippen LogP contribution in [0.1, 0.15) is 37.4 Å². The molecule has 136 valence electrons. The van der Waals surface area contributed by atoms with Crippen LogP contribution in [0.5, 0.6) is 0 Å². The maximum Gasteiger partial charge on any atom is 0.217 e. The molecule has 0 saturated heterocycles. The molecule has 7 heteroatoms. The summed E-state index contributed by atoms with van der Waals surface area (Å²) in [5.74, 6) is -1.17. The number of imidazole rings is 1. The number of rotatable bonds is 5. The summed E-state index contributed by atoms with van der Waals surface area (Å²) in [7, 11) is 0. The molecule has 0 aliphatic carbocycles. The lowest BCUT2D eigenvalue weighted by molar-refractivity contribution is -0.119. The largest absolute Gasteiger partial charge is 0.386 e. The summed E-state index contributed by atoms with van der Waals surface area (Å²) in [6.07, 6.45) is -1.20. The van der Waals surface area contributed by atoms with Gasteiger partial charge in [-0.2, -0.15) is 0 Å². The summed E-state index contributed by atoms with van der Waals surface area (Å²) in [5, 5.41) is 13.3. The average Bonchev–Trinajstić information content (AvgIpc) is 2.93. The normalized spacial score (nSPS) is 13.6. The molecule has 3 rings (SSSR count). The standard InChI is InChI=1S/C19H19F2N3O2/c1-11(22-12(2)25)19-23-16-5-3-4-6-17(16)24(19)10-18(26)14-8-7-13(20)9-15(14)21/h3-9,11,18,26H,10H2,1-2H3,(H,22,25)/t11-,18?/m0/s1. The van der Waals surface area contributed by atoms with Crippen molar-refractivity contribution in [2.75, 3.05) is 0 Å². The van der Waals surface area contributed by atoms with E-state index >= 15 is 0 Å². The number of aromatic nitrogens is 2. The van der Waals surface area contributed by atoms with Crippen molar-refractivity contribution >= 4 is 16.9 Å². The maximum absolute atomic E-state index is 14.0. The van der Waals surface area contributed by atoms with Crippen LogP contribution in [0, 0.1) is 11.6 Å². The van der Waals surface area contributed by atoms with Gasteiger partial charge in [-0.1, -0.05) is 18.2 Å². The lowest BCUT2D eigenvalue weighted by Crippen LogP contribution is -2.27. The molecule has 1 heterocycles. The molecule has 0 fully saturated rings. The first-order chi connectivity index (χ1) is 12.4. The molecule has 5 nitrogen and oxygen atoms in total. The van der Waals surface area contributed by atoms with E-state index in [1.54, 1.807) is 11.5 Å². The molecule has 2 N–H and O–H groups in total. The van der Waals surface area contributed by atoms with E-state index < -0.39 is 23.8 Å². The smallest absolute Gasteiger partial charge is 0.217 e. The van der Waals surface area contributed by atoms with Crippen LogP contribution in [0.25, 0.3) is 11.0 Å². The Morgan fingerprint density at radius 2 is 2.00 bits per heavy atom. The molecule has 0 saturated carbocycles. The SMILES string of the molecule is CC(=O)N[C@@H](C)c1nc2ccccc2n1CC(O)c1ccc(F)cc1F. The summed E-state index contributed by atoms with van der Waals surface area (Å²) >= 11 is 0. The van der Waals surface area contributed by atoms with Crippen molar-refractivity contribution in [2.45, 2.75) is 32.5 Å². The molecule has 2 aromatic carbocycles. The van der Waals surface area contributed by atoms with Gasteiger partial charge in [0.1, 0.15) is 17.5 Å². The molecule has 0 bridgehead atoms. The number of benzene rings is 2. The fourth-order valence-electron chi connectivity index (χ4n) is 3.03. The number of nitrogens with one attached hydrogen (secondary N) is 1. The number of halogens is 2. The molecule has 0 radical (unpaired) electrons. The van der Waals surface area contributed by atoms with Gasteiger partial charge in [0.15, 0.2) is 0 Å². The highest BCUT2D eigenvalue weighted by molar-refractivity contribution is 5.77. The van der Waals surface area contributed by atoms with E-state index in [0.29, 0.717) is 11.3 Å². The number of carbonyl (C=O) groups excluding carboxylic acids is 1. The Bertz CT molecular complexity index is 955. The quantitative estimate of drug-likeness (QED) is 0.735. The van der Waals surface area contributed by atoms with Crippen molar-refractivity contribution in [3.63, 3.8) is 0 Å². The fourth-order valence-corrected chi connectivity index (χ4v) is 3.03. The second kappa shape index (κ2) is 7.21. The lowest BCUT2D eigenvalue weighted by atomic mass is 10.1. The summed E-state index contributed by atoms with van der Waals surface area (Å²) in [4.78, 5) is 15.9. The van der Waals surface area contributed by atoms with Crippen LogP contribution in [-0.4, -0.2) is 20.6 Å². The van der Waals surface area contributed by atoms with Gasteiger partial charge < -0.3 is 15.0 Å². The minimum absolute atomic E-state index is 0.00214. The first kappa shape index (κ1) is 18.0. The fraction of sp³-hybridized carbons (Fsp3) is 0.263. The maximum atomic E-state index is 14.0. The van der Waals surface area contributed by atoms with Gasteiger partial charge in [-0.3, -0.25) is 4.79 Å². The van der Waals surface area contributed by atoms with Crippen molar-refractivity contribution in [3.8, 4) is 0 Å². The van der Waals surface area contributed by atoms with Crippen molar-refractivity contribution in [1.29, 1.82) is 0 Å². The molecule has 2 atom stereocenters. The third kappa shape index (κ3) is 3.57. The first-order valence-electron chi connectivity index (χ1n) is 8.22. The third-order valence-electron chi connectivity index (χ3n) is 4.17. The minimum Gasteiger partial charge on any atom is -0.386 e. The number of fused-ring (bicyclic) bond motifs is 1. The van der Waals surface area contributed by atoms with Crippen molar-refractivity contribution < 1.29 is 18.7 Å². The van der Waals surface area contributed by atoms with Gasteiger partial charge in [0, 0.05) is 18.6 Å².